The van der Waals surface area contributed by atoms with Gasteiger partial charge in [0.25, 0.3) is 5.56 Å². The van der Waals surface area contributed by atoms with Gasteiger partial charge in [-0.15, -0.1) is 0 Å². The molecule has 0 aromatic carbocycles. The molecule has 1 aliphatic rings. The van der Waals surface area contributed by atoms with E-state index >= 15 is 0 Å². The number of rotatable bonds is 3. The van der Waals surface area contributed by atoms with E-state index in [1.165, 1.54) is 17.5 Å². The smallest absolute Gasteiger partial charge is 0.250 e. The second-order valence-electron chi connectivity index (χ2n) is 5.21. The average molecular weight is 257 g/mol. The van der Waals surface area contributed by atoms with Crippen molar-refractivity contribution in [3.05, 3.63) is 58.3 Å². The summed E-state index contributed by atoms with van der Waals surface area (Å²) in [5.74, 6) is 0. The van der Waals surface area contributed by atoms with E-state index in [2.05, 4.69) is 17.0 Å². The zero-order chi connectivity index (χ0) is 13.2. The Morgan fingerprint density at radius 2 is 2.16 bits per heavy atom. The first kappa shape index (κ1) is 12.2. The molecule has 19 heavy (non-hydrogen) atoms. The Labute approximate surface area is 112 Å². The Kier molecular flexibility index (Phi) is 3.25. The van der Waals surface area contributed by atoms with Gasteiger partial charge in [-0.05, 0) is 36.5 Å². The van der Waals surface area contributed by atoms with E-state index in [1.54, 1.807) is 16.7 Å². The number of aromatic nitrogens is 2. The number of hydrogen-bond acceptors (Lipinski definition) is 2. The van der Waals surface area contributed by atoms with Crippen molar-refractivity contribution >= 4 is 0 Å². The summed E-state index contributed by atoms with van der Waals surface area (Å²) in [4.78, 5) is 11.6. The Morgan fingerprint density at radius 1 is 1.26 bits per heavy atom. The Hall–Kier alpha value is -1.81. The van der Waals surface area contributed by atoms with Crippen LogP contribution in [0.2, 0.25) is 0 Å². The highest BCUT2D eigenvalue weighted by Gasteiger charge is 2.18. The lowest BCUT2D eigenvalue weighted by molar-refractivity contribution is 0.562. The molecule has 2 aromatic rings. The summed E-state index contributed by atoms with van der Waals surface area (Å²) < 4.78 is 3.90. The van der Waals surface area contributed by atoms with Crippen LogP contribution in [0.15, 0.2) is 41.6 Å². The molecular formula is C15H19N3O. The topological polar surface area (TPSA) is 52.9 Å². The monoisotopic (exact) mass is 257 g/mol. The molecule has 0 aliphatic heterocycles. The van der Waals surface area contributed by atoms with E-state index in [1.807, 2.05) is 12.3 Å². The molecule has 3 rings (SSSR count). The molecule has 0 amide bonds. The van der Waals surface area contributed by atoms with E-state index in [0.717, 1.165) is 19.4 Å². The van der Waals surface area contributed by atoms with E-state index in [-0.39, 0.29) is 11.6 Å². The third-order valence-electron chi connectivity index (χ3n) is 3.86. The minimum Gasteiger partial charge on any atom is -0.352 e. The van der Waals surface area contributed by atoms with Crippen LogP contribution >= 0.6 is 0 Å². The third-order valence-corrected chi connectivity index (χ3v) is 3.86. The van der Waals surface area contributed by atoms with Crippen molar-refractivity contribution in [2.45, 2.75) is 38.4 Å². The number of nitrogens with two attached hydrogens (primary N) is 1. The first-order valence-corrected chi connectivity index (χ1v) is 6.83. The molecule has 2 N–H and O–H groups in total. The SMILES string of the molecule is NC1CCCc2cn(CCn3ccccc3=O)cc21. The van der Waals surface area contributed by atoms with Gasteiger partial charge in [0.15, 0.2) is 0 Å². The molecule has 0 fully saturated rings. The van der Waals surface area contributed by atoms with Gasteiger partial charge < -0.3 is 14.9 Å². The van der Waals surface area contributed by atoms with Crippen molar-refractivity contribution in [1.82, 2.24) is 9.13 Å². The largest absolute Gasteiger partial charge is 0.352 e. The van der Waals surface area contributed by atoms with Gasteiger partial charge in [0.2, 0.25) is 0 Å². The van der Waals surface area contributed by atoms with Crippen LogP contribution in [0.25, 0.3) is 0 Å². The number of nitrogens with zero attached hydrogens (tertiary/aromatic N) is 2. The zero-order valence-electron chi connectivity index (χ0n) is 11.0. The van der Waals surface area contributed by atoms with Gasteiger partial charge >= 0.3 is 0 Å². The maximum Gasteiger partial charge on any atom is 0.250 e. The van der Waals surface area contributed by atoms with Crippen LogP contribution in [0.4, 0.5) is 0 Å². The van der Waals surface area contributed by atoms with Crippen LogP contribution < -0.4 is 11.3 Å². The summed E-state index contributed by atoms with van der Waals surface area (Å²) in [6.07, 6.45) is 9.54. The molecule has 1 unspecified atom stereocenters. The molecule has 0 saturated carbocycles. The Balaban J connectivity index is 1.74. The van der Waals surface area contributed by atoms with Crippen LogP contribution in [0.1, 0.15) is 30.0 Å². The van der Waals surface area contributed by atoms with Gasteiger partial charge in [0, 0.05) is 43.8 Å². The summed E-state index contributed by atoms with van der Waals surface area (Å²) in [5.41, 5.74) is 8.83. The maximum absolute atomic E-state index is 11.6. The summed E-state index contributed by atoms with van der Waals surface area (Å²) >= 11 is 0. The fraction of sp³-hybridized carbons (Fsp3) is 0.400. The lowest BCUT2D eigenvalue weighted by Gasteiger charge is -2.17. The molecule has 0 saturated heterocycles. The molecule has 1 atom stereocenters. The summed E-state index contributed by atoms with van der Waals surface area (Å²) in [5, 5.41) is 0. The molecule has 0 radical (unpaired) electrons. The molecule has 0 spiro atoms. The van der Waals surface area contributed by atoms with Crippen molar-refractivity contribution < 1.29 is 0 Å². The van der Waals surface area contributed by atoms with E-state index in [0.29, 0.717) is 6.54 Å². The first-order valence-electron chi connectivity index (χ1n) is 6.83. The second kappa shape index (κ2) is 5.05. The molecule has 0 bridgehead atoms. The Morgan fingerprint density at radius 3 is 2.95 bits per heavy atom. The van der Waals surface area contributed by atoms with Gasteiger partial charge in [-0.25, -0.2) is 0 Å². The van der Waals surface area contributed by atoms with E-state index in [9.17, 15) is 4.79 Å². The molecule has 4 nitrogen and oxygen atoms in total. The third kappa shape index (κ3) is 2.49. The molecule has 100 valence electrons. The first-order chi connectivity index (χ1) is 9.24. The highest BCUT2D eigenvalue weighted by atomic mass is 16.1. The van der Waals surface area contributed by atoms with Crippen molar-refractivity contribution in [3.63, 3.8) is 0 Å². The lowest BCUT2D eigenvalue weighted by atomic mass is 9.92. The quantitative estimate of drug-likeness (QED) is 0.909. The average Bonchev–Trinajstić information content (AvgIpc) is 2.82. The van der Waals surface area contributed by atoms with Crippen molar-refractivity contribution in [2.24, 2.45) is 5.73 Å². The standard InChI is InChI=1S/C15H19N3O/c16-14-5-3-4-12-10-17(11-13(12)14)8-9-18-7-2-1-6-15(18)19/h1-2,6-7,10-11,14H,3-5,8-9,16H2. The lowest BCUT2D eigenvalue weighted by Crippen LogP contribution is -2.20. The van der Waals surface area contributed by atoms with E-state index in [4.69, 9.17) is 5.73 Å². The van der Waals surface area contributed by atoms with Gasteiger partial charge in [-0.2, -0.15) is 0 Å². The molecule has 4 heteroatoms. The molecular weight excluding hydrogens is 238 g/mol. The number of fused-ring (bicyclic) bond motifs is 1. The van der Waals surface area contributed by atoms with Crippen molar-refractivity contribution in [2.75, 3.05) is 0 Å². The van der Waals surface area contributed by atoms with Gasteiger partial charge in [0.05, 0.1) is 0 Å². The number of aryl methyl sites for hydroxylation is 3. The number of hydrogen-bond donors (Lipinski definition) is 1. The zero-order valence-corrected chi connectivity index (χ0v) is 11.0. The fourth-order valence-corrected chi connectivity index (χ4v) is 2.78. The second-order valence-corrected chi connectivity index (χ2v) is 5.21. The van der Waals surface area contributed by atoms with Crippen LogP contribution in [0.3, 0.4) is 0 Å². The van der Waals surface area contributed by atoms with Gasteiger partial charge in [-0.3, -0.25) is 4.79 Å². The van der Waals surface area contributed by atoms with Gasteiger partial charge in [-0.1, -0.05) is 6.07 Å². The summed E-state index contributed by atoms with van der Waals surface area (Å²) in [7, 11) is 0. The minimum absolute atomic E-state index is 0.0520. The van der Waals surface area contributed by atoms with Crippen LogP contribution in [0, 0.1) is 0 Å². The van der Waals surface area contributed by atoms with Crippen LogP contribution in [-0.2, 0) is 19.5 Å². The predicted molar refractivity (Wildman–Crippen MR) is 75.0 cm³/mol. The molecule has 2 aromatic heterocycles. The fourth-order valence-electron chi connectivity index (χ4n) is 2.78. The van der Waals surface area contributed by atoms with Crippen LogP contribution in [0.5, 0.6) is 0 Å². The molecule has 2 heterocycles. The van der Waals surface area contributed by atoms with Gasteiger partial charge in [0.1, 0.15) is 0 Å². The van der Waals surface area contributed by atoms with Crippen LogP contribution in [-0.4, -0.2) is 9.13 Å². The predicted octanol–water partition coefficient (Wildman–Crippen LogP) is 1.69. The van der Waals surface area contributed by atoms with Crippen molar-refractivity contribution in [1.29, 1.82) is 0 Å². The Bertz CT molecular complexity index is 626. The van der Waals surface area contributed by atoms with E-state index < -0.39 is 0 Å². The molecule has 1 aliphatic carbocycles. The highest BCUT2D eigenvalue weighted by molar-refractivity contribution is 5.29. The maximum atomic E-state index is 11.6. The normalized spacial score (nSPS) is 18.3. The van der Waals surface area contributed by atoms with Crippen molar-refractivity contribution in [3.8, 4) is 0 Å². The number of pyridine rings is 1. The minimum atomic E-state index is 0.0520. The summed E-state index contributed by atoms with van der Waals surface area (Å²) in [6, 6.07) is 5.44. The highest BCUT2D eigenvalue weighted by Crippen LogP contribution is 2.28. The summed E-state index contributed by atoms with van der Waals surface area (Å²) in [6.45, 7) is 1.51.